The summed E-state index contributed by atoms with van der Waals surface area (Å²) >= 11 is 1.21. The Balaban J connectivity index is 1.41. The molecule has 3 aromatic rings. The van der Waals surface area contributed by atoms with Crippen LogP contribution in [0.1, 0.15) is 24.1 Å². The Morgan fingerprint density at radius 1 is 1.00 bits per heavy atom. The van der Waals surface area contributed by atoms with E-state index in [1.54, 1.807) is 39.3 Å². The quantitative estimate of drug-likeness (QED) is 0.525. The summed E-state index contributed by atoms with van der Waals surface area (Å²) in [6.45, 7) is 1.77. The van der Waals surface area contributed by atoms with E-state index in [-0.39, 0.29) is 11.8 Å². The number of carbonyl (C=O) groups is 2. The van der Waals surface area contributed by atoms with Gasteiger partial charge in [0.25, 0.3) is 5.91 Å². The number of amidine groups is 2. The van der Waals surface area contributed by atoms with E-state index in [0.29, 0.717) is 33.9 Å². The van der Waals surface area contributed by atoms with Gasteiger partial charge in [0.05, 0.1) is 25.2 Å². The molecule has 0 radical (unpaired) electrons. The van der Waals surface area contributed by atoms with E-state index in [9.17, 15) is 9.59 Å². The number of para-hydroxylation sites is 1. The number of anilines is 1. The van der Waals surface area contributed by atoms with Crippen LogP contribution in [0.4, 0.5) is 11.4 Å². The third kappa shape index (κ3) is 4.45. The molecular weight excluding hydrogens is 476 g/mol. The van der Waals surface area contributed by atoms with Crippen molar-refractivity contribution in [3.8, 4) is 11.5 Å². The van der Waals surface area contributed by atoms with E-state index in [2.05, 4.69) is 5.32 Å². The molecule has 0 saturated carbocycles. The summed E-state index contributed by atoms with van der Waals surface area (Å²) in [5.41, 5.74) is 2.85. The van der Waals surface area contributed by atoms with E-state index < -0.39 is 11.3 Å². The fourth-order valence-corrected chi connectivity index (χ4v) is 4.93. The van der Waals surface area contributed by atoms with Crippen molar-refractivity contribution in [1.82, 2.24) is 4.90 Å². The largest absolute Gasteiger partial charge is 0.497 e. The molecule has 2 heterocycles. The lowest BCUT2D eigenvalue weighted by molar-refractivity contribution is -0.124. The number of amides is 2. The van der Waals surface area contributed by atoms with Crippen LogP contribution >= 0.6 is 11.8 Å². The Morgan fingerprint density at radius 3 is 2.36 bits per heavy atom. The second-order valence-electron chi connectivity index (χ2n) is 8.20. The Hall–Kier alpha value is -4.11. The van der Waals surface area contributed by atoms with Crippen LogP contribution < -0.4 is 14.8 Å². The monoisotopic (exact) mass is 500 g/mol. The third-order valence-electron chi connectivity index (χ3n) is 5.86. The molecule has 0 saturated heterocycles. The van der Waals surface area contributed by atoms with Gasteiger partial charge in [-0.05, 0) is 24.6 Å². The molecule has 2 aliphatic rings. The first-order chi connectivity index (χ1) is 17.5. The Kier molecular flexibility index (Phi) is 6.47. The molecule has 2 aliphatic heterocycles. The van der Waals surface area contributed by atoms with Gasteiger partial charge in [-0.3, -0.25) is 9.59 Å². The number of benzene rings is 3. The number of hydrogen-bond donors (Lipinski definition) is 1. The van der Waals surface area contributed by atoms with E-state index in [0.717, 1.165) is 11.1 Å². The Morgan fingerprint density at radius 2 is 1.67 bits per heavy atom. The fraction of sp³-hybridized carbons (Fsp3) is 0.185. The van der Waals surface area contributed by atoms with Crippen LogP contribution in [0, 0.1) is 0 Å². The van der Waals surface area contributed by atoms with Crippen molar-refractivity contribution in [1.29, 1.82) is 0 Å². The van der Waals surface area contributed by atoms with Gasteiger partial charge >= 0.3 is 0 Å². The number of hydrogen-bond acceptors (Lipinski definition) is 7. The minimum Gasteiger partial charge on any atom is -0.497 e. The molecule has 2 amide bonds. The maximum Gasteiger partial charge on any atom is 0.263 e. The molecule has 1 N–H and O–H groups in total. The van der Waals surface area contributed by atoms with Gasteiger partial charge in [0.2, 0.25) is 5.91 Å². The zero-order chi connectivity index (χ0) is 25.2. The molecule has 2 atom stereocenters. The lowest BCUT2D eigenvalue weighted by Crippen LogP contribution is -2.41. The number of methoxy groups -OCH3 is 2. The number of fused-ring (bicyclic) bond motifs is 3. The van der Waals surface area contributed by atoms with Crippen molar-refractivity contribution in [3.63, 3.8) is 0 Å². The van der Waals surface area contributed by atoms with E-state index in [1.807, 2.05) is 54.6 Å². The first kappa shape index (κ1) is 23.6. The minimum atomic E-state index is -0.661. The number of nitrogens with zero attached hydrogens (tertiary/aromatic N) is 3. The van der Waals surface area contributed by atoms with Crippen LogP contribution in [0.2, 0.25) is 0 Å². The smallest absolute Gasteiger partial charge is 0.263 e. The van der Waals surface area contributed by atoms with Gasteiger partial charge in [-0.15, -0.1) is 0 Å². The minimum absolute atomic E-state index is 0.193. The van der Waals surface area contributed by atoms with Gasteiger partial charge in [0, 0.05) is 29.4 Å². The molecule has 182 valence electrons. The molecule has 0 aromatic heterocycles. The van der Waals surface area contributed by atoms with Crippen molar-refractivity contribution in [2.45, 2.75) is 18.2 Å². The molecular formula is C27H24N4O4S. The normalized spacial score (nSPS) is 16.9. The van der Waals surface area contributed by atoms with Crippen molar-refractivity contribution >= 4 is 46.0 Å². The van der Waals surface area contributed by atoms with E-state index in [1.165, 1.54) is 16.7 Å². The molecule has 0 spiro atoms. The highest BCUT2D eigenvalue weighted by molar-refractivity contribution is 8.15. The van der Waals surface area contributed by atoms with Gasteiger partial charge in [0.1, 0.15) is 17.3 Å². The number of rotatable bonds is 6. The van der Waals surface area contributed by atoms with E-state index in [4.69, 9.17) is 19.5 Å². The number of aliphatic imine (C=N–C) groups is 2. The van der Waals surface area contributed by atoms with Crippen LogP contribution in [0.3, 0.4) is 0 Å². The predicted molar refractivity (Wildman–Crippen MR) is 141 cm³/mol. The highest BCUT2D eigenvalue weighted by Gasteiger charge is 2.42. The van der Waals surface area contributed by atoms with Crippen molar-refractivity contribution in [3.05, 3.63) is 83.9 Å². The number of ether oxygens (including phenoxy) is 2. The van der Waals surface area contributed by atoms with Crippen LogP contribution in [-0.4, -0.2) is 47.2 Å². The van der Waals surface area contributed by atoms with Crippen LogP contribution in [0.15, 0.2) is 82.8 Å². The SMILES string of the molecule is COc1cc(NC(=O)[C@H](C)SC2=Nc3ccccc3C3=N[C@@H](c4ccccc4)C(=O)N23)cc(OC)c1. The molecule has 0 unspecified atom stereocenters. The highest BCUT2D eigenvalue weighted by Crippen LogP contribution is 2.38. The zero-order valence-electron chi connectivity index (χ0n) is 20.0. The van der Waals surface area contributed by atoms with Crippen molar-refractivity contribution < 1.29 is 19.1 Å². The summed E-state index contributed by atoms with van der Waals surface area (Å²) in [7, 11) is 3.10. The molecule has 0 fully saturated rings. The summed E-state index contributed by atoms with van der Waals surface area (Å²) < 4.78 is 10.6. The molecule has 36 heavy (non-hydrogen) atoms. The third-order valence-corrected chi connectivity index (χ3v) is 6.91. The summed E-state index contributed by atoms with van der Waals surface area (Å²) in [6, 6.07) is 21.5. The summed E-state index contributed by atoms with van der Waals surface area (Å²) in [5.74, 6) is 1.23. The molecule has 9 heteroatoms. The van der Waals surface area contributed by atoms with Gasteiger partial charge in [0.15, 0.2) is 11.2 Å². The Bertz CT molecular complexity index is 1370. The van der Waals surface area contributed by atoms with Gasteiger partial charge < -0.3 is 14.8 Å². The maximum atomic E-state index is 13.5. The molecule has 0 bridgehead atoms. The first-order valence-electron chi connectivity index (χ1n) is 11.3. The zero-order valence-corrected chi connectivity index (χ0v) is 20.8. The maximum absolute atomic E-state index is 13.5. The van der Waals surface area contributed by atoms with Crippen LogP contribution in [0.5, 0.6) is 11.5 Å². The van der Waals surface area contributed by atoms with Crippen molar-refractivity contribution in [2.24, 2.45) is 9.98 Å². The summed E-state index contributed by atoms with van der Waals surface area (Å²) in [4.78, 5) is 37.7. The molecule has 5 rings (SSSR count). The molecule has 8 nitrogen and oxygen atoms in total. The average Bonchev–Trinajstić information content (AvgIpc) is 3.26. The van der Waals surface area contributed by atoms with E-state index >= 15 is 0 Å². The molecule has 3 aromatic carbocycles. The number of carbonyl (C=O) groups excluding carboxylic acids is 2. The summed E-state index contributed by atoms with van der Waals surface area (Å²) in [6.07, 6.45) is 0. The highest BCUT2D eigenvalue weighted by atomic mass is 32.2. The van der Waals surface area contributed by atoms with Crippen molar-refractivity contribution in [2.75, 3.05) is 19.5 Å². The topological polar surface area (TPSA) is 92.6 Å². The average molecular weight is 501 g/mol. The standard InChI is InChI=1S/C27H24N4O4S/c1-16(25(32)28-18-13-19(34-2)15-20(14-18)35-3)36-27-29-22-12-8-7-11-21(22)24-30-23(26(33)31(24)27)17-9-5-4-6-10-17/h4-16,23H,1-3H3,(H,28,32)/t16-,23-/m0/s1. The molecule has 0 aliphatic carbocycles. The van der Waals surface area contributed by atoms with Crippen LogP contribution in [0.25, 0.3) is 0 Å². The van der Waals surface area contributed by atoms with Gasteiger partial charge in [-0.25, -0.2) is 14.9 Å². The lowest BCUT2D eigenvalue weighted by atomic mass is 10.1. The summed E-state index contributed by atoms with van der Waals surface area (Å²) in [5, 5.41) is 2.76. The van der Waals surface area contributed by atoms with Gasteiger partial charge in [-0.1, -0.05) is 54.2 Å². The van der Waals surface area contributed by atoms with Crippen LogP contribution in [-0.2, 0) is 9.59 Å². The second-order valence-corrected chi connectivity index (χ2v) is 9.51. The first-order valence-corrected chi connectivity index (χ1v) is 12.2. The lowest BCUT2D eigenvalue weighted by Gasteiger charge is -2.27. The Labute approximate surface area is 213 Å². The fourth-order valence-electron chi connectivity index (χ4n) is 4.02. The van der Waals surface area contributed by atoms with Gasteiger partial charge in [-0.2, -0.15) is 0 Å². The number of nitrogens with one attached hydrogen (secondary N) is 1. The number of thioether (sulfide) groups is 1. The predicted octanol–water partition coefficient (Wildman–Crippen LogP) is 4.80. The second kappa shape index (κ2) is 9.87.